The number of thiazole rings is 1. The molecule has 0 bridgehead atoms. The van der Waals surface area contributed by atoms with Gasteiger partial charge in [0.15, 0.2) is 0 Å². The quantitative estimate of drug-likeness (QED) is 0.520. The first-order valence-corrected chi connectivity index (χ1v) is 10.2. The predicted octanol–water partition coefficient (Wildman–Crippen LogP) is 4.16. The molecular formula is C19H14N4O2S2. The first kappa shape index (κ1) is 16.3. The number of carbonyl (C=O) groups excluding carboxylic acids is 1. The van der Waals surface area contributed by atoms with Crippen molar-refractivity contribution in [3.05, 3.63) is 64.8 Å². The van der Waals surface area contributed by atoms with Crippen LogP contribution < -0.4 is 0 Å². The fraction of sp³-hybridized carbons (Fsp3) is 0.158. The number of hydrogen-bond donors (Lipinski definition) is 0. The molecule has 1 aliphatic heterocycles. The number of thiophene rings is 1. The summed E-state index contributed by atoms with van der Waals surface area (Å²) in [6, 6.07) is 13.8. The Bertz CT molecular complexity index is 1070. The van der Waals surface area contributed by atoms with E-state index in [1.165, 1.54) is 11.3 Å². The molecule has 0 spiro atoms. The largest absolute Gasteiger partial charge is 0.339 e. The molecular weight excluding hydrogens is 380 g/mol. The minimum atomic E-state index is -0.0531. The summed E-state index contributed by atoms with van der Waals surface area (Å²) in [4.78, 5) is 24.4. The van der Waals surface area contributed by atoms with Crippen molar-refractivity contribution in [2.75, 3.05) is 13.1 Å². The maximum atomic E-state index is 12.6. The fourth-order valence-electron chi connectivity index (χ4n) is 2.95. The minimum Gasteiger partial charge on any atom is -0.339 e. The van der Waals surface area contributed by atoms with Gasteiger partial charge in [-0.15, -0.1) is 22.7 Å². The Morgan fingerprint density at radius 1 is 1.07 bits per heavy atom. The highest BCUT2D eigenvalue weighted by molar-refractivity contribution is 7.13. The van der Waals surface area contributed by atoms with E-state index in [2.05, 4.69) is 15.1 Å². The van der Waals surface area contributed by atoms with Gasteiger partial charge >= 0.3 is 0 Å². The maximum absolute atomic E-state index is 12.6. The van der Waals surface area contributed by atoms with E-state index in [1.807, 2.05) is 53.2 Å². The number of nitrogens with zero attached hydrogens (tertiary/aromatic N) is 4. The van der Waals surface area contributed by atoms with Gasteiger partial charge in [0.05, 0.1) is 10.8 Å². The molecule has 0 saturated carbocycles. The molecule has 134 valence electrons. The molecule has 0 N–H and O–H groups in total. The Hall–Kier alpha value is -2.84. The first-order chi connectivity index (χ1) is 13.3. The lowest BCUT2D eigenvalue weighted by molar-refractivity contribution is 0.0564. The highest BCUT2D eigenvalue weighted by Gasteiger charge is 2.36. The number of aromatic nitrogens is 3. The standard InChI is InChI=1S/C19H14N4O2S2/c24-19(14-11-27-18(20-14)12-5-2-1-3-6-12)23-9-13(10-23)17-21-16(22-25-17)15-7-4-8-26-15/h1-8,11,13H,9-10H2. The van der Waals surface area contributed by atoms with E-state index in [0.717, 1.165) is 15.4 Å². The Kier molecular flexibility index (Phi) is 4.06. The van der Waals surface area contributed by atoms with Gasteiger partial charge in [0.1, 0.15) is 10.7 Å². The lowest BCUT2D eigenvalue weighted by Crippen LogP contribution is -2.48. The van der Waals surface area contributed by atoms with E-state index >= 15 is 0 Å². The van der Waals surface area contributed by atoms with Crippen LogP contribution in [0.2, 0.25) is 0 Å². The highest BCUT2D eigenvalue weighted by atomic mass is 32.1. The summed E-state index contributed by atoms with van der Waals surface area (Å²) in [5, 5.41) is 8.69. The van der Waals surface area contributed by atoms with E-state index in [1.54, 1.807) is 16.2 Å². The lowest BCUT2D eigenvalue weighted by Gasteiger charge is -2.36. The van der Waals surface area contributed by atoms with Crippen LogP contribution in [-0.4, -0.2) is 39.0 Å². The van der Waals surface area contributed by atoms with Crippen LogP contribution in [-0.2, 0) is 0 Å². The van der Waals surface area contributed by atoms with E-state index in [0.29, 0.717) is 30.5 Å². The number of carbonyl (C=O) groups is 1. The molecule has 3 aromatic heterocycles. The number of amides is 1. The Morgan fingerprint density at radius 2 is 1.93 bits per heavy atom. The number of rotatable bonds is 4. The molecule has 5 rings (SSSR count). The van der Waals surface area contributed by atoms with E-state index in [4.69, 9.17) is 4.52 Å². The summed E-state index contributed by atoms with van der Waals surface area (Å²) in [7, 11) is 0. The fourth-order valence-corrected chi connectivity index (χ4v) is 4.40. The Balaban J connectivity index is 1.25. The smallest absolute Gasteiger partial charge is 0.273 e. The second kappa shape index (κ2) is 6.71. The van der Waals surface area contributed by atoms with Crippen molar-refractivity contribution in [3.63, 3.8) is 0 Å². The van der Waals surface area contributed by atoms with Crippen LogP contribution in [0.15, 0.2) is 57.7 Å². The molecule has 0 unspecified atom stereocenters. The van der Waals surface area contributed by atoms with Gasteiger partial charge in [-0.2, -0.15) is 4.98 Å². The van der Waals surface area contributed by atoms with Gasteiger partial charge in [-0.05, 0) is 11.4 Å². The third-order valence-corrected chi connectivity index (χ3v) is 6.20. The zero-order valence-electron chi connectivity index (χ0n) is 14.1. The summed E-state index contributed by atoms with van der Waals surface area (Å²) in [5.41, 5.74) is 1.51. The van der Waals surface area contributed by atoms with E-state index in [-0.39, 0.29) is 11.8 Å². The zero-order chi connectivity index (χ0) is 18.2. The van der Waals surface area contributed by atoms with E-state index < -0.39 is 0 Å². The molecule has 6 nitrogen and oxygen atoms in total. The molecule has 1 fully saturated rings. The van der Waals surface area contributed by atoms with Gasteiger partial charge in [0, 0.05) is 24.0 Å². The van der Waals surface area contributed by atoms with Crippen molar-refractivity contribution >= 4 is 28.6 Å². The molecule has 1 aromatic carbocycles. The van der Waals surface area contributed by atoms with Gasteiger partial charge in [-0.1, -0.05) is 41.6 Å². The molecule has 4 heterocycles. The topological polar surface area (TPSA) is 72.1 Å². The third kappa shape index (κ3) is 3.07. The average Bonchev–Trinajstić information content (AvgIpc) is 3.41. The highest BCUT2D eigenvalue weighted by Crippen LogP contribution is 2.31. The van der Waals surface area contributed by atoms with Gasteiger partial charge in [-0.25, -0.2) is 4.98 Å². The molecule has 0 atom stereocenters. The molecule has 1 saturated heterocycles. The van der Waals surface area contributed by atoms with Crippen molar-refractivity contribution in [3.8, 4) is 21.3 Å². The van der Waals surface area contributed by atoms with Crippen LogP contribution in [0.1, 0.15) is 22.3 Å². The first-order valence-electron chi connectivity index (χ1n) is 8.45. The summed E-state index contributed by atoms with van der Waals surface area (Å²) >= 11 is 3.06. The zero-order valence-corrected chi connectivity index (χ0v) is 15.7. The van der Waals surface area contributed by atoms with Crippen LogP contribution in [0.5, 0.6) is 0 Å². The number of hydrogen-bond acceptors (Lipinski definition) is 7. The van der Waals surface area contributed by atoms with Crippen LogP contribution >= 0.6 is 22.7 Å². The summed E-state index contributed by atoms with van der Waals surface area (Å²) in [5.74, 6) is 1.23. The molecule has 1 aliphatic rings. The maximum Gasteiger partial charge on any atom is 0.273 e. The minimum absolute atomic E-state index is 0.0531. The summed E-state index contributed by atoms with van der Waals surface area (Å²) in [6.45, 7) is 1.15. The predicted molar refractivity (Wildman–Crippen MR) is 104 cm³/mol. The van der Waals surface area contributed by atoms with Crippen molar-refractivity contribution < 1.29 is 9.32 Å². The van der Waals surface area contributed by atoms with Gasteiger partial charge in [-0.3, -0.25) is 4.79 Å². The van der Waals surface area contributed by atoms with Crippen LogP contribution in [0, 0.1) is 0 Å². The van der Waals surface area contributed by atoms with Crippen molar-refractivity contribution in [1.29, 1.82) is 0 Å². The number of benzene rings is 1. The van der Waals surface area contributed by atoms with Gasteiger partial charge in [0.2, 0.25) is 11.7 Å². The normalized spacial score (nSPS) is 14.3. The monoisotopic (exact) mass is 394 g/mol. The van der Waals surface area contributed by atoms with Crippen LogP contribution in [0.3, 0.4) is 0 Å². The van der Waals surface area contributed by atoms with Gasteiger partial charge < -0.3 is 9.42 Å². The number of likely N-dealkylation sites (tertiary alicyclic amines) is 1. The molecule has 8 heteroatoms. The van der Waals surface area contributed by atoms with Gasteiger partial charge in [0.25, 0.3) is 5.91 Å². The molecule has 0 aliphatic carbocycles. The molecule has 0 radical (unpaired) electrons. The second-order valence-electron chi connectivity index (χ2n) is 6.24. The summed E-state index contributed by atoms with van der Waals surface area (Å²) in [6.07, 6.45) is 0. The average molecular weight is 394 g/mol. The Morgan fingerprint density at radius 3 is 2.70 bits per heavy atom. The Labute approximate surface area is 163 Å². The van der Waals surface area contributed by atoms with E-state index in [9.17, 15) is 4.79 Å². The molecule has 1 amide bonds. The van der Waals surface area contributed by atoms with Crippen molar-refractivity contribution in [1.82, 2.24) is 20.0 Å². The second-order valence-corrected chi connectivity index (χ2v) is 8.05. The SMILES string of the molecule is O=C(c1csc(-c2ccccc2)n1)N1CC(c2nc(-c3cccs3)no2)C1. The van der Waals surface area contributed by atoms with Crippen molar-refractivity contribution in [2.45, 2.75) is 5.92 Å². The van der Waals surface area contributed by atoms with Crippen LogP contribution in [0.25, 0.3) is 21.3 Å². The lowest BCUT2D eigenvalue weighted by atomic mass is 10.00. The summed E-state index contributed by atoms with van der Waals surface area (Å²) < 4.78 is 5.38. The third-order valence-electron chi connectivity index (χ3n) is 4.45. The van der Waals surface area contributed by atoms with Crippen molar-refractivity contribution in [2.24, 2.45) is 0 Å². The molecule has 4 aromatic rings. The molecule has 27 heavy (non-hydrogen) atoms. The van der Waals surface area contributed by atoms with Crippen LogP contribution in [0.4, 0.5) is 0 Å².